The third kappa shape index (κ3) is 2.87. The van der Waals surface area contributed by atoms with Gasteiger partial charge in [-0.15, -0.1) is 0 Å². The van der Waals surface area contributed by atoms with Crippen molar-refractivity contribution in [3.05, 3.63) is 11.6 Å². The molecule has 0 amide bonds. The van der Waals surface area contributed by atoms with Crippen LogP contribution in [0, 0.1) is 57.2 Å². The lowest BCUT2D eigenvalue weighted by Gasteiger charge is -2.70. The van der Waals surface area contributed by atoms with E-state index in [1.165, 1.54) is 19.3 Å². The second kappa shape index (κ2) is 7.58. The highest BCUT2D eigenvalue weighted by molar-refractivity contribution is 5.78. The summed E-state index contributed by atoms with van der Waals surface area (Å²) >= 11 is 0. The van der Waals surface area contributed by atoms with Gasteiger partial charge in [0.05, 0.1) is 18.6 Å². The van der Waals surface area contributed by atoms with Crippen LogP contribution in [0.5, 0.6) is 0 Å². The van der Waals surface area contributed by atoms with E-state index in [1.807, 2.05) is 0 Å². The molecule has 4 saturated carbocycles. The molecule has 0 radical (unpaired) electrons. The predicted molar refractivity (Wildman–Crippen MR) is 132 cm³/mol. The number of fused-ring (bicyclic) bond motifs is 7. The van der Waals surface area contributed by atoms with Crippen LogP contribution in [-0.4, -0.2) is 24.3 Å². The molecule has 0 aromatic rings. The van der Waals surface area contributed by atoms with E-state index in [0.29, 0.717) is 35.5 Å². The molecular formula is C30H48O3. The number of ether oxygens (including phenoxy) is 1. The van der Waals surface area contributed by atoms with Crippen molar-refractivity contribution < 1.29 is 14.6 Å². The largest absolute Gasteiger partial charge is 0.469 e. The van der Waals surface area contributed by atoms with E-state index >= 15 is 0 Å². The molecule has 186 valence electrons. The van der Waals surface area contributed by atoms with Crippen LogP contribution < -0.4 is 0 Å². The Labute approximate surface area is 202 Å². The maximum atomic E-state index is 13.3. The van der Waals surface area contributed by atoms with E-state index in [4.69, 9.17) is 4.74 Å². The molecule has 11 atom stereocenters. The fraction of sp³-hybridized carbons (Fsp3) is 0.900. The van der Waals surface area contributed by atoms with Crippen molar-refractivity contribution in [3.63, 3.8) is 0 Å². The predicted octanol–water partition coefficient (Wildman–Crippen LogP) is 6.79. The zero-order valence-electron chi connectivity index (χ0n) is 22.2. The lowest BCUT2D eigenvalue weighted by Crippen LogP contribution is -2.64. The zero-order valence-corrected chi connectivity index (χ0v) is 22.2. The third-order valence-corrected chi connectivity index (χ3v) is 12.8. The number of carbonyl (C=O) groups is 1. The standard InChI is InChI=1S/C30H48O3/c1-18-9-8-13-30(26(32)33-7)16-15-28(5)22(24(18)30)10-11-23-27(4)17-19(2)25(31)20(3)21(27)12-14-29(23,28)6/h10,18-21,23-25,31H,8-9,11-17H2,1-7H3/t18?,19-,20?,21?,23?,24?,25?,27?,28-,29?,30?/m1/s1. The van der Waals surface area contributed by atoms with Crippen molar-refractivity contribution >= 4 is 5.97 Å². The van der Waals surface area contributed by atoms with Crippen LogP contribution in [0.3, 0.4) is 0 Å². The van der Waals surface area contributed by atoms with E-state index in [2.05, 4.69) is 47.6 Å². The second-order valence-electron chi connectivity index (χ2n) is 13.9. The van der Waals surface area contributed by atoms with Gasteiger partial charge in [-0.05, 0) is 96.7 Å². The number of methoxy groups -OCH3 is 1. The van der Waals surface area contributed by atoms with Gasteiger partial charge in [0.25, 0.3) is 0 Å². The summed E-state index contributed by atoms with van der Waals surface area (Å²) in [5, 5.41) is 10.9. The number of esters is 1. The molecule has 0 spiro atoms. The van der Waals surface area contributed by atoms with Crippen molar-refractivity contribution in [2.24, 2.45) is 57.2 Å². The first-order valence-electron chi connectivity index (χ1n) is 13.9. The summed E-state index contributed by atoms with van der Waals surface area (Å²) < 4.78 is 5.47. The normalized spacial score (nSPS) is 55.9. The summed E-state index contributed by atoms with van der Waals surface area (Å²) in [6, 6.07) is 0. The van der Waals surface area contributed by atoms with E-state index in [9.17, 15) is 9.90 Å². The molecule has 1 N–H and O–H groups in total. The molecule has 5 aliphatic rings. The van der Waals surface area contributed by atoms with Crippen molar-refractivity contribution in [1.29, 1.82) is 0 Å². The van der Waals surface area contributed by atoms with Gasteiger partial charge in [0.15, 0.2) is 0 Å². The number of carbonyl (C=O) groups excluding carboxylic acids is 1. The van der Waals surface area contributed by atoms with Crippen LogP contribution in [0.2, 0.25) is 0 Å². The minimum absolute atomic E-state index is 0.0499. The van der Waals surface area contributed by atoms with Crippen molar-refractivity contribution in [3.8, 4) is 0 Å². The lowest BCUT2D eigenvalue weighted by molar-refractivity contribution is -0.196. The molecule has 0 bridgehead atoms. The summed E-state index contributed by atoms with van der Waals surface area (Å²) in [5.74, 6) is 2.96. The number of hydrogen-bond acceptors (Lipinski definition) is 3. The molecule has 3 nitrogen and oxygen atoms in total. The maximum absolute atomic E-state index is 13.3. The van der Waals surface area contributed by atoms with Gasteiger partial charge in [-0.1, -0.05) is 66.0 Å². The summed E-state index contributed by atoms with van der Waals surface area (Å²) in [6.07, 6.45) is 12.7. The molecule has 0 aromatic heterocycles. The van der Waals surface area contributed by atoms with Gasteiger partial charge in [0.2, 0.25) is 0 Å². The molecule has 0 saturated heterocycles. The van der Waals surface area contributed by atoms with Gasteiger partial charge < -0.3 is 9.84 Å². The third-order valence-electron chi connectivity index (χ3n) is 12.8. The SMILES string of the molecule is COC(=O)C12CCCC(C)C1C1=CCC3C4(C)C[C@@H](C)C(O)C(C)C4CCC3(C)[C@]1(C)CC2. The zero-order chi connectivity index (χ0) is 24.0. The van der Waals surface area contributed by atoms with Crippen molar-refractivity contribution in [2.45, 2.75) is 105 Å². The van der Waals surface area contributed by atoms with Crippen LogP contribution >= 0.6 is 0 Å². The maximum Gasteiger partial charge on any atom is 0.312 e. The van der Waals surface area contributed by atoms with Gasteiger partial charge >= 0.3 is 5.97 Å². The molecule has 5 aliphatic carbocycles. The fourth-order valence-electron chi connectivity index (χ4n) is 11.1. The van der Waals surface area contributed by atoms with Crippen LogP contribution in [0.4, 0.5) is 0 Å². The summed E-state index contributed by atoms with van der Waals surface area (Å²) in [4.78, 5) is 13.3. The van der Waals surface area contributed by atoms with Crippen LogP contribution in [0.1, 0.15) is 99.3 Å². The highest BCUT2D eigenvalue weighted by Gasteiger charge is 2.68. The number of aliphatic hydroxyl groups excluding tert-OH is 1. The van der Waals surface area contributed by atoms with Crippen molar-refractivity contribution in [1.82, 2.24) is 0 Å². The minimum Gasteiger partial charge on any atom is -0.469 e. The minimum atomic E-state index is -0.306. The lowest BCUT2D eigenvalue weighted by atomic mass is 9.34. The first-order chi connectivity index (χ1) is 15.5. The average Bonchev–Trinajstić information content (AvgIpc) is 2.77. The Bertz CT molecular complexity index is 847. The highest BCUT2D eigenvalue weighted by Crippen LogP contribution is 2.74. The quantitative estimate of drug-likeness (QED) is 0.349. The number of allylic oxidation sites excluding steroid dienone is 2. The molecule has 9 unspecified atom stereocenters. The fourth-order valence-corrected chi connectivity index (χ4v) is 11.1. The summed E-state index contributed by atoms with van der Waals surface area (Å²) in [5.41, 5.74) is 2.00. The first kappa shape index (κ1) is 23.9. The van der Waals surface area contributed by atoms with Crippen LogP contribution in [0.25, 0.3) is 0 Å². The van der Waals surface area contributed by atoms with E-state index in [1.54, 1.807) is 12.7 Å². The molecule has 4 fully saturated rings. The summed E-state index contributed by atoms with van der Waals surface area (Å²) in [6.45, 7) is 14.7. The van der Waals surface area contributed by atoms with Crippen molar-refractivity contribution in [2.75, 3.05) is 7.11 Å². The molecule has 0 heterocycles. The topological polar surface area (TPSA) is 46.5 Å². The van der Waals surface area contributed by atoms with Crippen LogP contribution in [0.15, 0.2) is 11.6 Å². The molecular weight excluding hydrogens is 408 g/mol. The Kier molecular flexibility index (Phi) is 5.49. The van der Waals surface area contributed by atoms with Gasteiger partial charge in [0, 0.05) is 0 Å². The van der Waals surface area contributed by atoms with Crippen LogP contribution in [-0.2, 0) is 9.53 Å². The summed E-state index contributed by atoms with van der Waals surface area (Å²) in [7, 11) is 1.59. The monoisotopic (exact) mass is 456 g/mol. The Morgan fingerprint density at radius 2 is 1.76 bits per heavy atom. The van der Waals surface area contributed by atoms with Gasteiger partial charge in [-0.3, -0.25) is 4.79 Å². The molecule has 0 aliphatic heterocycles. The van der Waals surface area contributed by atoms with E-state index < -0.39 is 0 Å². The van der Waals surface area contributed by atoms with E-state index in [-0.39, 0.29) is 33.7 Å². The Morgan fingerprint density at radius 1 is 1.03 bits per heavy atom. The molecule has 0 aromatic carbocycles. The molecule has 5 rings (SSSR count). The van der Waals surface area contributed by atoms with Gasteiger partial charge in [0.1, 0.15) is 0 Å². The highest BCUT2D eigenvalue weighted by atomic mass is 16.5. The second-order valence-corrected chi connectivity index (χ2v) is 13.9. The number of aliphatic hydroxyl groups is 1. The molecule has 3 heteroatoms. The first-order valence-corrected chi connectivity index (χ1v) is 13.9. The Hall–Kier alpha value is -0.830. The van der Waals surface area contributed by atoms with Gasteiger partial charge in [-0.25, -0.2) is 0 Å². The molecule has 33 heavy (non-hydrogen) atoms. The number of hydrogen-bond donors (Lipinski definition) is 1. The Morgan fingerprint density at radius 3 is 2.45 bits per heavy atom. The average molecular weight is 457 g/mol. The van der Waals surface area contributed by atoms with Gasteiger partial charge in [-0.2, -0.15) is 0 Å². The Balaban J connectivity index is 1.60. The number of rotatable bonds is 1. The smallest absolute Gasteiger partial charge is 0.312 e. The van der Waals surface area contributed by atoms with E-state index in [0.717, 1.165) is 38.5 Å².